The van der Waals surface area contributed by atoms with Gasteiger partial charge in [-0.1, -0.05) is 12.1 Å². The summed E-state index contributed by atoms with van der Waals surface area (Å²) >= 11 is 0. The summed E-state index contributed by atoms with van der Waals surface area (Å²) in [5.41, 5.74) is 1.72. The number of benzene rings is 1. The van der Waals surface area contributed by atoms with Crippen molar-refractivity contribution >= 4 is 5.91 Å². The highest BCUT2D eigenvalue weighted by Gasteiger charge is 2.29. The Bertz CT molecular complexity index is 693. The topological polar surface area (TPSA) is 59.4 Å². The predicted molar refractivity (Wildman–Crippen MR) is 92.1 cm³/mol. The van der Waals surface area contributed by atoms with Gasteiger partial charge in [0.1, 0.15) is 11.4 Å². The maximum absolute atomic E-state index is 12.9. The van der Waals surface area contributed by atoms with Crippen LogP contribution in [0.15, 0.2) is 36.5 Å². The van der Waals surface area contributed by atoms with Gasteiger partial charge in [0.25, 0.3) is 5.91 Å². The summed E-state index contributed by atoms with van der Waals surface area (Å²) in [7, 11) is 1.79. The third-order valence-electron chi connectivity index (χ3n) is 4.18. The Morgan fingerprint density at radius 3 is 2.67 bits per heavy atom. The first-order valence-corrected chi connectivity index (χ1v) is 8.32. The summed E-state index contributed by atoms with van der Waals surface area (Å²) in [6.07, 6.45) is 1.80. The average molecular weight is 328 g/mol. The molecule has 1 unspecified atom stereocenters. The van der Waals surface area contributed by atoms with Crippen LogP contribution in [0.3, 0.4) is 0 Å². The van der Waals surface area contributed by atoms with E-state index < -0.39 is 0 Å². The minimum Gasteiger partial charge on any atom is -0.491 e. The van der Waals surface area contributed by atoms with Crippen LogP contribution < -0.4 is 10.1 Å². The Balaban J connectivity index is 1.82. The van der Waals surface area contributed by atoms with E-state index in [2.05, 4.69) is 10.4 Å². The maximum Gasteiger partial charge on any atom is 0.272 e. The van der Waals surface area contributed by atoms with E-state index in [9.17, 15) is 4.79 Å². The number of hydrogen-bond acceptors (Lipinski definition) is 4. The number of piperazine rings is 1. The van der Waals surface area contributed by atoms with Gasteiger partial charge in [0.15, 0.2) is 0 Å². The maximum atomic E-state index is 12.9. The fourth-order valence-corrected chi connectivity index (χ4v) is 3.02. The third-order valence-corrected chi connectivity index (χ3v) is 4.18. The molecule has 1 atom stereocenters. The summed E-state index contributed by atoms with van der Waals surface area (Å²) in [6.45, 7) is 6.24. The van der Waals surface area contributed by atoms with E-state index in [0.717, 1.165) is 24.4 Å². The van der Waals surface area contributed by atoms with E-state index in [4.69, 9.17) is 4.74 Å². The molecule has 1 saturated heterocycles. The molecule has 1 fully saturated rings. The quantitative estimate of drug-likeness (QED) is 0.932. The van der Waals surface area contributed by atoms with E-state index in [1.54, 1.807) is 24.0 Å². The Labute approximate surface area is 142 Å². The van der Waals surface area contributed by atoms with Crippen LogP contribution in [-0.4, -0.2) is 46.3 Å². The molecule has 1 aliphatic rings. The monoisotopic (exact) mass is 328 g/mol. The molecule has 6 nitrogen and oxygen atoms in total. The lowest BCUT2D eigenvalue weighted by Crippen LogP contribution is -2.49. The molecule has 1 N–H and O–H groups in total. The molecule has 1 aromatic carbocycles. The first-order valence-electron chi connectivity index (χ1n) is 8.32. The second-order valence-corrected chi connectivity index (χ2v) is 6.29. The summed E-state index contributed by atoms with van der Waals surface area (Å²) in [4.78, 5) is 14.8. The molecular weight excluding hydrogens is 304 g/mol. The van der Waals surface area contributed by atoms with E-state index >= 15 is 0 Å². The van der Waals surface area contributed by atoms with Gasteiger partial charge in [-0.15, -0.1) is 0 Å². The van der Waals surface area contributed by atoms with Crippen molar-refractivity contribution in [1.82, 2.24) is 20.0 Å². The highest BCUT2D eigenvalue weighted by molar-refractivity contribution is 5.93. The van der Waals surface area contributed by atoms with Crippen molar-refractivity contribution in [3.8, 4) is 5.75 Å². The number of carbonyl (C=O) groups is 1. The molecule has 0 spiro atoms. The van der Waals surface area contributed by atoms with Crippen LogP contribution in [0, 0.1) is 0 Å². The molecule has 24 heavy (non-hydrogen) atoms. The Hall–Kier alpha value is -2.34. The van der Waals surface area contributed by atoms with Gasteiger partial charge in [0.05, 0.1) is 12.1 Å². The van der Waals surface area contributed by atoms with E-state index in [1.165, 1.54) is 0 Å². The lowest BCUT2D eigenvalue weighted by atomic mass is 10.0. The average Bonchev–Trinajstić information content (AvgIpc) is 3.00. The van der Waals surface area contributed by atoms with Crippen molar-refractivity contribution in [3.63, 3.8) is 0 Å². The molecule has 0 radical (unpaired) electrons. The lowest BCUT2D eigenvalue weighted by Gasteiger charge is -2.36. The van der Waals surface area contributed by atoms with Gasteiger partial charge in [-0.05, 0) is 37.6 Å². The van der Waals surface area contributed by atoms with Crippen LogP contribution in [0.5, 0.6) is 5.75 Å². The van der Waals surface area contributed by atoms with Crippen molar-refractivity contribution in [3.05, 3.63) is 47.8 Å². The third kappa shape index (κ3) is 3.43. The zero-order valence-corrected chi connectivity index (χ0v) is 14.4. The number of rotatable bonds is 4. The molecule has 2 heterocycles. The van der Waals surface area contributed by atoms with E-state index in [1.807, 2.05) is 43.0 Å². The first kappa shape index (κ1) is 16.5. The van der Waals surface area contributed by atoms with Gasteiger partial charge in [0.2, 0.25) is 0 Å². The van der Waals surface area contributed by atoms with Crippen LogP contribution >= 0.6 is 0 Å². The highest BCUT2D eigenvalue weighted by Crippen LogP contribution is 2.26. The van der Waals surface area contributed by atoms with Gasteiger partial charge < -0.3 is 15.0 Å². The predicted octanol–water partition coefficient (Wildman–Crippen LogP) is 1.99. The second-order valence-electron chi connectivity index (χ2n) is 6.29. The first-order chi connectivity index (χ1) is 11.6. The van der Waals surface area contributed by atoms with Crippen molar-refractivity contribution in [2.45, 2.75) is 26.0 Å². The van der Waals surface area contributed by atoms with Crippen LogP contribution in [-0.2, 0) is 7.05 Å². The zero-order valence-electron chi connectivity index (χ0n) is 14.4. The molecule has 128 valence electrons. The number of hydrogen-bond donors (Lipinski definition) is 1. The van der Waals surface area contributed by atoms with Gasteiger partial charge >= 0.3 is 0 Å². The smallest absolute Gasteiger partial charge is 0.272 e. The largest absolute Gasteiger partial charge is 0.491 e. The Morgan fingerprint density at radius 2 is 2.04 bits per heavy atom. The molecule has 1 amide bonds. The summed E-state index contributed by atoms with van der Waals surface area (Å²) in [5, 5.41) is 7.48. The number of nitrogens with zero attached hydrogens (tertiary/aromatic N) is 3. The van der Waals surface area contributed by atoms with Crippen molar-refractivity contribution in [2.75, 3.05) is 19.6 Å². The highest BCUT2D eigenvalue weighted by atomic mass is 16.5. The normalized spacial score (nSPS) is 18.0. The molecule has 3 rings (SSSR count). The Morgan fingerprint density at radius 1 is 1.29 bits per heavy atom. The van der Waals surface area contributed by atoms with Gasteiger partial charge in [-0.25, -0.2) is 0 Å². The number of nitrogens with one attached hydrogen (secondary N) is 1. The molecule has 2 aromatic rings. The van der Waals surface area contributed by atoms with Crippen LogP contribution in [0.25, 0.3) is 0 Å². The molecule has 1 aromatic heterocycles. The van der Waals surface area contributed by atoms with Gasteiger partial charge in [-0.3, -0.25) is 9.48 Å². The minimum atomic E-state index is 0.00856. The van der Waals surface area contributed by atoms with Crippen molar-refractivity contribution < 1.29 is 9.53 Å². The fraction of sp³-hybridized carbons (Fsp3) is 0.444. The zero-order chi connectivity index (χ0) is 17.1. The summed E-state index contributed by atoms with van der Waals surface area (Å²) in [6, 6.07) is 9.79. The van der Waals surface area contributed by atoms with Crippen LogP contribution in [0.1, 0.15) is 35.9 Å². The number of carbonyl (C=O) groups excluding carboxylic acids is 1. The number of aromatic nitrogens is 2. The second kappa shape index (κ2) is 7.05. The summed E-state index contributed by atoms with van der Waals surface area (Å²) in [5.74, 6) is 0.867. The molecule has 0 bridgehead atoms. The van der Waals surface area contributed by atoms with Gasteiger partial charge in [-0.2, -0.15) is 5.10 Å². The van der Waals surface area contributed by atoms with Crippen molar-refractivity contribution in [2.24, 2.45) is 7.05 Å². The Kier molecular flexibility index (Phi) is 4.85. The number of amides is 1. The lowest BCUT2D eigenvalue weighted by molar-refractivity contribution is 0.0623. The molecule has 1 aliphatic heterocycles. The molecule has 0 saturated carbocycles. The standard InChI is InChI=1S/C18H24N4O2/c1-13(2)24-15-6-4-14(5-7-15)17-12-19-10-11-22(17)18(23)16-8-9-20-21(16)3/h4-9,13,17,19H,10-12H2,1-3H3. The van der Waals surface area contributed by atoms with Crippen LogP contribution in [0.2, 0.25) is 0 Å². The molecule has 6 heteroatoms. The molecular formula is C18H24N4O2. The number of ether oxygens (including phenoxy) is 1. The van der Waals surface area contributed by atoms with Crippen LogP contribution in [0.4, 0.5) is 0 Å². The van der Waals surface area contributed by atoms with Gasteiger partial charge in [0, 0.05) is 32.9 Å². The summed E-state index contributed by atoms with van der Waals surface area (Å²) < 4.78 is 7.32. The number of aryl methyl sites for hydroxylation is 1. The SMILES string of the molecule is CC(C)Oc1ccc(C2CNCCN2C(=O)c2ccnn2C)cc1. The van der Waals surface area contributed by atoms with Crippen molar-refractivity contribution in [1.29, 1.82) is 0 Å². The van der Waals surface area contributed by atoms with E-state index in [-0.39, 0.29) is 18.1 Å². The fourth-order valence-electron chi connectivity index (χ4n) is 3.02. The van der Waals surface area contributed by atoms with E-state index in [0.29, 0.717) is 12.2 Å². The molecule has 0 aliphatic carbocycles. The minimum absolute atomic E-state index is 0.00856.